The summed E-state index contributed by atoms with van der Waals surface area (Å²) in [5.74, 6) is 0.193. The van der Waals surface area contributed by atoms with Crippen LogP contribution in [0.2, 0.25) is 0 Å². The van der Waals surface area contributed by atoms with E-state index in [1.165, 1.54) is 7.11 Å². The molecular weight excluding hydrogens is 400 g/mol. The number of amides is 3. The lowest BCUT2D eigenvalue weighted by Crippen LogP contribution is -2.47. The maximum atomic E-state index is 12.9. The number of nitrogens with one attached hydrogen (secondary N) is 2. The Morgan fingerprint density at radius 2 is 1.81 bits per heavy atom. The molecule has 31 heavy (non-hydrogen) atoms. The average Bonchev–Trinajstić information content (AvgIpc) is 2.78. The van der Waals surface area contributed by atoms with Crippen molar-refractivity contribution in [2.24, 2.45) is 0 Å². The Labute approximate surface area is 179 Å². The smallest absolute Gasteiger partial charge is 0.262 e. The molecule has 0 radical (unpaired) electrons. The summed E-state index contributed by atoms with van der Waals surface area (Å²) in [5, 5.41) is 5.49. The highest BCUT2D eigenvalue weighted by Crippen LogP contribution is 2.30. The maximum absolute atomic E-state index is 12.9. The van der Waals surface area contributed by atoms with Gasteiger partial charge >= 0.3 is 0 Å². The minimum Gasteiger partial charge on any atom is -0.495 e. The van der Waals surface area contributed by atoms with Crippen molar-refractivity contribution in [1.29, 1.82) is 0 Å². The lowest BCUT2D eigenvalue weighted by molar-refractivity contribution is -0.118. The molecule has 2 aliphatic rings. The first-order valence-electron chi connectivity index (χ1n) is 9.98. The molecule has 2 heterocycles. The van der Waals surface area contributed by atoms with Crippen molar-refractivity contribution in [2.45, 2.75) is 0 Å². The largest absolute Gasteiger partial charge is 0.495 e. The third-order valence-corrected chi connectivity index (χ3v) is 5.36. The van der Waals surface area contributed by atoms with E-state index in [4.69, 9.17) is 9.47 Å². The summed E-state index contributed by atoms with van der Waals surface area (Å²) in [4.78, 5) is 41.3. The van der Waals surface area contributed by atoms with Crippen LogP contribution >= 0.6 is 0 Å². The number of piperazine rings is 1. The molecule has 0 aliphatic carbocycles. The Hall–Kier alpha value is -3.59. The van der Waals surface area contributed by atoms with Crippen LogP contribution < -0.4 is 20.1 Å². The quantitative estimate of drug-likeness (QED) is 0.775. The Morgan fingerprint density at radius 1 is 1.06 bits per heavy atom. The van der Waals surface area contributed by atoms with Crippen LogP contribution in [0, 0.1) is 0 Å². The van der Waals surface area contributed by atoms with Gasteiger partial charge in [0.25, 0.3) is 17.7 Å². The zero-order valence-electron chi connectivity index (χ0n) is 17.4. The zero-order chi connectivity index (χ0) is 22.0. The number of nitrogens with zero attached hydrogens (tertiary/aromatic N) is 2. The molecular formula is C22H24N4O5. The third-order valence-electron chi connectivity index (χ3n) is 5.36. The van der Waals surface area contributed by atoms with Gasteiger partial charge in [0, 0.05) is 37.3 Å². The van der Waals surface area contributed by atoms with E-state index in [0.29, 0.717) is 47.1 Å². The van der Waals surface area contributed by atoms with Crippen LogP contribution in [0.4, 0.5) is 11.4 Å². The van der Waals surface area contributed by atoms with Gasteiger partial charge in [-0.1, -0.05) is 0 Å². The normalized spacial score (nSPS) is 16.1. The fourth-order valence-electron chi connectivity index (χ4n) is 3.55. The van der Waals surface area contributed by atoms with Crippen molar-refractivity contribution in [3.05, 3.63) is 47.5 Å². The summed E-state index contributed by atoms with van der Waals surface area (Å²) in [7, 11) is 3.53. The molecule has 3 amide bonds. The first kappa shape index (κ1) is 20.7. The van der Waals surface area contributed by atoms with E-state index in [2.05, 4.69) is 15.5 Å². The molecule has 1 fully saturated rings. The van der Waals surface area contributed by atoms with Gasteiger partial charge in [-0.3, -0.25) is 14.4 Å². The predicted octanol–water partition coefficient (Wildman–Crippen LogP) is 1.67. The van der Waals surface area contributed by atoms with Crippen LogP contribution in [0.15, 0.2) is 36.4 Å². The second-order valence-corrected chi connectivity index (χ2v) is 7.51. The van der Waals surface area contributed by atoms with E-state index >= 15 is 0 Å². The fraction of sp³-hybridized carbons (Fsp3) is 0.318. The van der Waals surface area contributed by atoms with Crippen molar-refractivity contribution >= 4 is 29.1 Å². The van der Waals surface area contributed by atoms with E-state index in [9.17, 15) is 14.4 Å². The van der Waals surface area contributed by atoms with Crippen LogP contribution in [-0.4, -0.2) is 74.5 Å². The number of rotatable bonds is 4. The van der Waals surface area contributed by atoms with E-state index in [1.54, 1.807) is 41.3 Å². The van der Waals surface area contributed by atoms with Crippen LogP contribution in [0.25, 0.3) is 0 Å². The van der Waals surface area contributed by atoms with Gasteiger partial charge in [-0.05, 0) is 43.4 Å². The fourth-order valence-corrected chi connectivity index (χ4v) is 3.55. The van der Waals surface area contributed by atoms with Gasteiger partial charge < -0.3 is 29.9 Å². The van der Waals surface area contributed by atoms with Gasteiger partial charge in [0.15, 0.2) is 6.61 Å². The number of benzene rings is 2. The molecule has 0 aromatic heterocycles. The summed E-state index contributed by atoms with van der Waals surface area (Å²) >= 11 is 0. The van der Waals surface area contributed by atoms with Crippen LogP contribution in [0.3, 0.4) is 0 Å². The van der Waals surface area contributed by atoms with Gasteiger partial charge in [0.05, 0.1) is 18.5 Å². The molecule has 2 aliphatic heterocycles. The predicted molar refractivity (Wildman–Crippen MR) is 115 cm³/mol. The highest BCUT2D eigenvalue weighted by atomic mass is 16.5. The Bertz CT molecular complexity index is 1030. The molecule has 4 rings (SSSR count). The highest BCUT2D eigenvalue weighted by molar-refractivity contribution is 6.07. The Morgan fingerprint density at radius 3 is 2.55 bits per heavy atom. The molecule has 9 heteroatoms. The monoisotopic (exact) mass is 424 g/mol. The molecule has 0 saturated carbocycles. The number of carbonyl (C=O) groups is 3. The number of methoxy groups -OCH3 is 1. The first-order chi connectivity index (χ1) is 14.9. The number of ether oxygens (including phenoxy) is 2. The molecule has 0 bridgehead atoms. The van der Waals surface area contributed by atoms with Gasteiger partial charge in [-0.15, -0.1) is 0 Å². The van der Waals surface area contributed by atoms with Crippen molar-refractivity contribution in [1.82, 2.24) is 9.80 Å². The van der Waals surface area contributed by atoms with Crippen molar-refractivity contribution in [3.8, 4) is 11.5 Å². The second-order valence-electron chi connectivity index (χ2n) is 7.51. The molecule has 9 nitrogen and oxygen atoms in total. The van der Waals surface area contributed by atoms with E-state index < -0.39 is 5.91 Å². The highest BCUT2D eigenvalue weighted by Gasteiger charge is 2.22. The maximum Gasteiger partial charge on any atom is 0.262 e. The SMILES string of the molecule is COc1ccc(C(=O)N2CCN(C)CC2)cc1NC(=O)c1ccc2c(c1)NC(=O)CO2. The molecule has 2 aromatic carbocycles. The number of hydrogen-bond donors (Lipinski definition) is 2. The summed E-state index contributed by atoms with van der Waals surface area (Å²) in [5.41, 5.74) is 1.65. The zero-order valence-corrected chi connectivity index (χ0v) is 17.4. The van der Waals surface area contributed by atoms with Crippen LogP contribution in [0.1, 0.15) is 20.7 Å². The van der Waals surface area contributed by atoms with Gasteiger partial charge in [-0.2, -0.15) is 0 Å². The lowest BCUT2D eigenvalue weighted by Gasteiger charge is -2.32. The van der Waals surface area contributed by atoms with Crippen molar-refractivity contribution < 1.29 is 23.9 Å². The number of carbonyl (C=O) groups excluding carboxylic acids is 3. The average molecular weight is 424 g/mol. The van der Waals surface area contributed by atoms with Crippen molar-refractivity contribution in [3.63, 3.8) is 0 Å². The van der Waals surface area contributed by atoms with E-state index in [-0.39, 0.29) is 18.4 Å². The number of fused-ring (bicyclic) bond motifs is 1. The van der Waals surface area contributed by atoms with Crippen LogP contribution in [0.5, 0.6) is 11.5 Å². The molecule has 2 aromatic rings. The van der Waals surface area contributed by atoms with Crippen LogP contribution in [-0.2, 0) is 4.79 Å². The van der Waals surface area contributed by atoms with Gasteiger partial charge in [0.2, 0.25) is 0 Å². The van der Waals surface area contributed by atoms with E-state index in [0.717, 1.165) is 13.1 Å². The number of anilines is 2. The minimum absolute atomic E-state index is 0.0517. The van der Waals surface area contributed by atoms with Gasteiger partial charge in [0.1, 0.15) is 11.5 Å². The standard InChI is InChI=1S/C22H24N4O5/c1-25-7-9-26(10-8-25)22(29)15-4-5-18(30-2)16(12-15)24-21(28)14-3-6-19-17(11-14)23-20(27)13-31-19/h3-6,11-12H,7-10,13H2,1-2H3,(H,23,27)(H,24,28). The lowest BCUT2D eigenvalue weighted by atomic mass is 10.1. The second kappa shape index (κ2) is 8.65. The first-order valence-corrected chi connectivity index (χ1v) is 9.98. The molecule has 162 valence electrons. The molecule has 0 atom stereocenters. The van der Waals surface area contributed by atoms with Gasteiger partial charge in [-0.25, -0.2) is 0 Å². The summed E-state index contributed by atoms with van der Waals surface area (Å²) in [6, 6.07) is 9.78. The van der Waals surface area contributed by atoms with Crippen molar-refractivity contribution in [2.75, 3.05) is 57.6 Å². The number of likely N-dealkylation sites (N-methyl/N-ethyl adjacent to an activating group) is 1. The topological polar surface area (TPSA) is 100 Å². The molecule has 2 N–H and O–H groups in total. The Kier molecular flexibility index (Phi) is 5.77. The third kappa shape index (κ3) is 4.46. The molecule has 0 unspecified atom stereocenters. The minimum atomic E-state index is -0.398. The van der Waals surface area contributed by atoms with E-state index in [1.807, 2.05) is 7.05 Å². The summed E-state index contributed by atoms with van der Waals surface area (Å²) in [6.07, 6.45) is 0. The Balaban J connectivity index is 1.54. The molecule has 0 spiro atoms. The summed E-state index contributed by atoms with van der Waals surface area (Å²) < 4.78 is 10.7. The molecule has 1 saturated heterocycles. The summed E-state index contributed by atoms with van der Waals surface area (Å²) in [6.45, 7) is 2.91. The number of hydrogen-bond acceptors (Lipinski definition) is 6.